The number of amides is 2. The van der Waals surface area contributed by atoms with Crippen LogP contribution in [0.15, 0.2) is 66.7 Å². The second-order valence-electron chi connectivity index (χ2n) is 9.23. The molecule has 35 heavy (non-hydrogen) atoms. The van der Waals surface area contributed by atoms with Crippen molar-refractivity contribution in [3.63, 3.8) is 0 Å². The van der Waals surface area contributed by atoms with Gasteiger partial charge in [0.25, 0.3) is 0 Å². The minimum atomic E-state index is -2.10. The first-order chi connectivity index (χ1) is 16.8. The maximum absolute atomic E-state index is 13.9. The van der Waals surface area contributed by atoms with E-state index in [0.29, 0.717) is 5.56 Å². The highest BCUT2D eigenvalue weighted by Crippen LogP contribution is 2.58. The van der Waals surface area contributed by atoms with Gasteiger partial charge in [-0.1, -0.05) is 66.2 Å². The molecular weight excluding hydrogens is 466 g/mol. The highest BCUT2D eigenvalue weighted by Gasteiger charge is 2.75. The number of ether oxygens (including phenoxy) is 1. The number of ketones is 2. The molecule has 3 aromatic carbocycles. The molecule has 6 rings (SSSR count). The molecule has 6 nitrogen and oxygen atoms in total. The van der Waals surface area contributed by atoms with Crippen LogP contribution in [0.5, 0.6) is 0 Å². The zero-order chi connectivity index (χ0) is 24.6. The van der Waals surface area contributed by atoms with Crippen LogP contribution in [0.3, 0.4) is 0 Å². The van der Waals surface area contributed by atoms with Crippen molar-refractivity contribution in [2.75, 3.05) is 4.90 Å². The van der Waals surface area contributed by atoms with Crippen molar-refractivity contribution in [2.45, 2.75) is 25.6 Å². The number of hydrogen-bond acceptors (Lipinski definition) is 5. The summed E-state index contributed by atoms with van der Waals surface area (Å²) in [5, 5.41) is 0.222. The van der Waals surface area contributed by atoms with E-state index >= 15 is 0 Å². The van der Waals surface area contributed by atoms with E-state index in [1.54, 1.807) is 48.5 Å². The first-order valence-corrected chi connectivity index (χ1v) is 11.7. The fraction of sp³-hybridized carbons (Fsp3) is 0.214. The van der Waals surface area contributed by atoms with Crippen LogP contribution in [0.2, 0.25) is 5.02 Å². The number of Topliss-reactive ketones (excluding diaryl/α,β-unsaturated/α-hetero) is 2. The lowest BCUT2D eigenvalue weighted by Crippen LogP contribution is -2.51. The standard InChI is InChI=1S/C28H20ClNO5/c1-14-8-7-11-16(15(14)2)23-21-22(27(34)30(26(21)33)20-13-6-5-12-19(20)29)28(35-23)24(31)17-9-3-4-10-18(17)25(28)32/h3-13,21-23H,1-2H3/t21-,22-,23+/m1/s1. The first kappa shape index (κ1) is 21.9. The van der Waals surface area contributed by atoms with Crippen LogP contribution in [0, 0.1) is 25.7 Å². The summed E-state index contributed by atoms with van der Waals surface area (Å²) in [5.74, 6) is -4.71. The number of aryl methyl sites for hydroxylation is 1. The number of imide groups is 1. The minimum absolute atomic E-state index is 0.203. The second kappa shape index (κ2) is 7.44. The topological polar surface area (TPSA) is 80.8 Å². The van der Waals surface area contributed by atoms with E-state index in [4.69, 9.17) is 16.3 Å². The second-order valence-corrected chi connectivity index (χ2v) is 9.64. The van der Waals surface area contributed by atoms with Crippen molar-refractivity contribution in [2.24, 2.45) is 11.8 Å². The summed E-state index contributed by atoms with van der Waals surface area (Å²) in [7, 11) is 0. The van der Waals surface area contributed by atoms with Crippen LogP contribution in [0.4, 0.5) is 5.69 Å². The van der Waals surface area contributed by atoms with E-state index in [1.807, 2.05) is 32.0 Å². The molecule has 174 valence electrons. The maximum Gasteiger partial charge on any atom is 0.241 e. The summed E-state index contributed by atoms with van der Waals surface area (Å²) in [6.45, 7) is 3.83. The predicted molar refractivity (Wildman–Crippen MR) is 129 cm³/mol. The van der Waals surface area contributed by atoms with Crippen molar-refractivity contribution < 1.29 is 23.9 Å². The summed E-state index contributed by atoms with van der Waals surface area (Å²) in [4.78, 5) is 56.5. The van der Waals surface area contributed by atoms with Gasteiger partial charge in [0.05, 0.1) is 28.6 Å². The fourth-order valence-corrected chi connectivity index (χ4v) is 5.97. The van der Waals surface area contributed by atoms with Gasteiger partial charge in [-0.05, 0) is 42.7 Å². The highest BCUT2D eigenvalue weighted by molar-refractivity contribution is 6.39. The Labute approximate surface area is 206 Å². The van der Waals surface area contributed by atoms with Crippen LogP contribution >= 0.6 is 11.6 Å². The normalized spacial score (nSPS) is 24.4. The van der Waals surface area contributed by atoms with E-state index < -0.39 is 46.9 Å². The Bertz CT molecular complexity index is 1440. The molecule has 3 aromatic rings. The third-order valence-electron chi connectivity index (χ3n) is 7.57. The Balaban J connectivity index is 1.59. The molecule has 2 saturated heterocycles. The number of carbonyl (C=O) groups excluding carboxylic acids is 4. The van der Waals surface area contributed by atoms with Crippen LogP contribution < -0.4 is 4.90 Å². The smallest absolute Gasteiger partial charge is 0.241 e. The van der Waals surface area contributed by atoms with Gasteiger partial charge in [0.15, 0.2) is 0 Å². The summed E-state index contributed by atoms with van der Waals surface area (Å²) in [5.41, 5.74) is 1.05. The molecular formula is C28H20ClNO5. The number of carbonyl (C=O) groups is 4. The summed E-state index contributed by atoms with van der Waals surface area (Å²) in [6, 6.07) is 18.5. The van der Waals surface area contributed by atoms with Crippen LogP contribution in [-0.4, -0.2) is 29.0 Å². The number of anilines is 1. The maximum atomic E-state index is 13.9. The monoisotopic (exact) mass is 485 g/mol. The van der Waals surface area contributed by atoms with E-state index in [-0.39, 0.29) is 21.8 Å². The number of hydrogen-bond donors (Lipinski definition) is 0. The van der Waals surface area contributed by atoms with Crippen molar-refractivity contribution in [1.29, 1.82) is 0 Å². The quantitative estimate of drug-likeness (QED) is 0.390. The molecule has 1 spiro atoms. The number of halogens is 1. The summed E-state index contributed by atoms with van der Waals surface area (Å²) >= 11 is 6.36. The number of benzene rings is 3. The van der Waals surface area contributed by atoms with Gasteiger partial charge in [0, 0.05) is 11.1 Å². The van der Waals surface area contributed by atoms with Crippen molar-refractivity contribution >= 4 is 40.7 Å². The first-order valence-electron chi connectivity index (χ1n) is 11.3. The summed E-state index contributed by atoms with van der Waals surface area (Å²) < 4.78 is 6.36. The molecule has 1 aliphatic carbocycles. The Morgan fingerprint density at radius 2 is 1.43 bits per heavy atom. The SMILES string of the molecule is Cc1cccc([C@@H]2OC3(C(=O)c4ccccc4C3=O)[C@H]3C(=O)N(c4ccccc4Cl)C(=O)[C@@H]23)c1C. The van der Waals surface area contributed by atoms with E-state index in [2.05, 4.69) is 0 Å². The molecule has 0 N–H and O–H groups in total. The summed E-state index contributed by atoms with van der Waals surface area (Å²) in [6.07, 6.45) is -0.953. The number of para-hydroxylation sites is 1. The van der Waals surface area contributed by atoms with Gasteiger partial charge in [-0.25, -0.2) is 4.90 Å². The van der Waals surface area contributed by atoms with Crippen LogP contribution in [0.1, 0.15) is 43.5 Å². The van der Waals surface area contributed by atoms with Gasteiger partial charge < -0.3 is 4.74 Å². The Hall–Kier alpha value is -3.61. The van der Waals surface area contributed by atoms with Gasteiger partial charge in [-0.15, -0.1) is 0 Å². The highest BCUT2D eigenvalue weighted by atomic mass is 35.5. The Morgan fingerprint density at radius 3 is 2.09 bits per heavy atom. The molecule has 0 bridgehead atoms. The largest absolute Gasteiger partial charge is 0.349 e. The molecule has 0 unspecified atom stereocenters. The average molecular weight is 486 g/mol. The predicted octanol–water partition coefficient (Wildman–Crippen LogP) is 4.65. The van der Waals surface area contributed by atoms with Crippen LogP contribution in [-0.2, 0) is 14.3 Å². The van der Waals surface area contributed by atoms with Crippen molar-refractivity contribution in [3.05, 3.63) is 99.6 Å². The van der Waals surface area contributed by atoms with Crippen LogP contribution in [0.25, 0.3) is 0 Å². The fourth-order valence-electron chi connectivity index (χ4n) is 5.75. The van der Waals surface area contributed by atoms with E-state index in [1.165, 1.54) is 0 Å². The number of fused-ring (bicyclic) bond motifs is 3. The molecule has 0 aromatic heterocycles. The molecule has 3 atom stereocenters. The third-order valence-corrected chi connectivity index (χ3v) is 7.89. The van der Waals surface area contributed by atoms with Gasteiger partial charge >= 0.3 is 0 Å². The molecule has 0 saturated carbocycles. The molecule has 3 aliphatic rings. The molecule has 0 radical (unpaired) electrons. The van der Waals surface area contributed by atoms with E-state index in [9.17, 15) is 19.2 Å². The van der Waals surface area contributed by atoms with E-state index in [0.717, 1.165) is 16.0 Å². The zero-order valence-electron chi connectivity index (χ0n) is 18.9. The van der Waals surface area contributed by atoms with Gasteiger partial charge in [-0.3, -0.25) is 19.2 Å². The molecule has 2 aliphatic heterocycles. The average Bonchev–Trinajstić information content (AvgIpc) is 3.41. The zero-order valence-corrected chi connectivity index (χ0v) is 19.7. The van der Waals surface area contributed by atoms with Gasteiger partial charge in [-0.2, -0.15) is 0 Å². The minimum Gasteiger partial charge on any atom is -0.349 e. The van der Waals surface area contributed by atoms with Crippen molar-refractivity contribution in [3.8, 4) is 0 Å². The Kier molecular flexibility index (Phi) is 4.66. The lowest BCUT2D eigenvalue weighted by atomic mass is 9.76. The van der Waals surface area contributed by atoms with Gasteiger partial charge in [0.1, 0.15) is 0 Å². The molecule has 2 heterocycles. The molecule has 2 amide bonds. The third kappa shape index (κ3) is 2.69. The molecule has 7 heteroatoms. The van der Waals surface area contributed by atoms with Gasteiger partial charge in [0.2, 0.25) is 29.0 Å². The lowest BCUT2D eigenvalue weighted by Gasteiger charge is -2.28. The number of rotatable bonds is 2. The Morgan fingerprint density at radius 1 is 0.800 bits per heavy atom. The number of nitrogens with zero attached hydrogens (tertiary/aromatic N) is 1. The van der Waals surface area contributed by atoms with Crippen molar-refractivity contribution in [1.82, 2.24) is 0 Å². The lowest BCUT2D eigenvalue weighted by molar-refractivity contribution is -0.127. The molecule has 2 fully saturated rings.